The Morgan fingerprint density at radius 2 is 1.71 bits per heavy atom. The lowest BCUT2D eigenvalue weighted by atomic mass is 9.91. The highest BCUT2D eigenvalue weighted by Gasteiger charge is 2.44. The van der Waals surface area contributed by atoms with Crippen LogP contribution in [0.15, 0.2) is 0 Å². The molecule has 10 heteroatoms. The normalized spacial score (nSPS) is 19.5. The number of aliphatic hydroxyl groups is 1. The molecule has 4 nitrogen and oxygen atoms in total. The number of hydrogen-bond acceptors (Lipinski definition) is 2. The van der Waals surface area contributed by atoms with E-state index in [-0.39, 0.29) is 25.9 Å². The quantitative estimate of drug-likeness (QED) is 0.783. The Morgan fingerprint density at radius 1 is 1.19 bits per heavy atom. The summed E-state index contributed by atoms with van der Waals surface area (Å²) in [6.07, 6.45) is -12.8. The molecule has 1 atom stereocenters. The summed E-state index contributed by atoms with van der Waals surface area (Å²) in [4.78, 5) is 12.7. The molecule has 0 aromatic carbocycles. The number of likely N-dealkylation sites (tertiary alicyclic amines) is 1. The fourth-order valence-electron chi connectivity index (χ4n) is 2.11. The third-order valence-corrected chi connectivity index (χ3v) is 3.29. The van der Waals surface area contributed by atoms with Gasteiger partial charge < -0.3 is 15.3 Å². The lowest BCUT2D eigenvalue weighted by molar-refractivity contribution is -0.222. The standard InChI is InChI=1S/C11H16F6N2O2/c12-10(13,14)3-4-18-9(21)19-5-1-7(2-6-19)8(20)11(15,16)17/h7-8,20H,1-6H2,(H,18,21). The van der Waals surface area contributed by atoms with Crippen LogP contribution in [0, 0.1) is 5.92 Å². The molecule has 2 N–H and O–H groups in total. The average molecular weight is 322 g/mol. The molecule has 0 aromatic rings. The van der Waals surface area contributed by atoms with Gasteiger partial charge >= 0.3 is 18.4 Å². The zero-order chi connectivity index (χ0) is 16.3. The van der Waals surface area contributed by atoms with Crippen LogP contribution in [-0.4, -0.2) is 54.1 Å². The van der Waals surface area contributed by atoms with Gasteiger partial charge in [-0.05, 0) is 18.8 Å². The molecule has 1 saturated heterocycles. The number of rotatable bonds is 3. The number of carbonyl (C=O) groups excluding carboxylic acids is 1. The van der Waals surface area contributed by atoms with Gasteiger partial charge in [0.15, 0.2) is 6.10 Å². The van der Waals surface area contributed by atoms with E-state index in [2.05, 4.69) is 5.32 Å². The Morgan fingerprint density at radius 3 is 2.14 bits per heavy atom. The van der Waals surface area contributed by atoms with Gasteiger partial charge in [-0.25, -0.2) is 4.79 Å². The second kappa shape index (κ2) is 6.71. The smallest absolute Gasteiger partial charge is 0.383 e. The molecule has 0 radical (unpaired) electrons. The van der Waals surface area contributed by atoms with Gasteiger partial charge in [0.1, 0.15) is 0 Å². The predicted octanol–water partition coefficient (Wildman–Crippen LogP) is 2.28. The topological polar surface area (TPSA) is 52.6 Å². The number of hydrogen-bond donors (Lipinski definition) is 2. The van der Waals surface area contributed by atoms with Crippen molar-refractivity contribution >= 4 is 6.03 Å². The van der Waals surface area contributed by atoms with Crippen molar-refractivity contribution in [2.45, 2.75) is 37.7 Å². The minimum Gasteiger partial charge on any atom is -0.383 e. The third kappa shape index (κ3) is 5.98. The van der Waals surface area contributed by atoms with E-state index in [1.165, 1.54) is 0 Å². The summed E-state index contributed by atoms with van der Waals surface area (Å²) in [6.45, 7) is -0.640. The van der Waals surface area contributed by atoms with Crippen LogP contribution in [0.5, 0.6) is 0 Å². The molecule has 21 heavy (non-hydrogen) atoms. The average Bonchev–Trinajstić information content (AvgIpc) is 2.35. The van der Waals surface area contributed by atoms with Gasteiger partial charge in [-0.2, -0.15) is 26.3 Å². The van der Waals surface area contributed by atoms with E-state index in [1.807, 2.05) is 0 Å². The van der Waals surface area contributed by atoms with E-state index in [0.717, 1.165) is 4.90 Å². The zero-order valence-corrected chi connectivity index (χ0v) is 11.0. The second-order valence-electron chi connectivity index (χ2n) is 4.91. The Kier molecular flexibility index (Phi) is 5.71. The van der Waals surface area contributed by atoms with Crippen molar-refractivity contribution in [1.29, 1.82) is 0 Å². The number of amides is 2. The molecule has 124 valence electrons. The summed E-state index contributed by atoms with van der Waals surface area (Å²) < 4.78 is 72.7. The van der Waals surface area contributed by atoms with Crippen LogP contribution in [0.25, 0.3) is 0 Å². The van der Waals surface area contributed by atoms with Crippen molar-refractivity contribution in [3.63, 3.8) is 0 Å². The van der Waals surface area contributed by atoms with Crippen molar-refractivity contribution in [2.24, 2.45) is 5.92 Å². The first-order valence-corrected chi connectivity index (χ1v) is 6.35. The van der Waals surface area contributed by atoms with Crippen LogP contribution in [0.4, 0.5) is 31.1 Å². The number of nitrogens with one attached hydrogen (secondary N) is 1. The molecule has 0 spiro atoms. The summed E-state index contributed by atoms with van der Waals surface area (Å²) in [5.74, 6) is -0.996. The molecule has 1 heterocycles. The van der Waals surface area contributed by atoms with E-state index in [9.17, 15) is 31.1 Å². The molecule has 1 unspecified atom stereocenters. The Balaban J connectivity index is 2.34. The van der Waals surface area contributed by atoms with Gasteiger partial charge in [-0.3, -0.25) is 0 Å². The molecule has 0 bridgehead atoms. The first-order chi connectivity index (χ1) is 9.50. The molecule has 1 aliphatic rings. The number of halogens is 6. The predicted molar refractivity (Wildman–Crippen MR) is 60.4 cm³/mol. The lowest BCUT2D eigenvalue weighted by Crippen LogP contribution is -2.48. The van der Waals surface area contributed by atoms with Gasteiger partial charge in [-0.1, -0.05) is 0 Å². The number of carbonyl (C=O) groups is 1. The Bertz CT molecular complexity index is 350. The van der Waals surface area contributed by atoms with Gasteiger partial charge in [0.2, 0.25) is 0 Å². The van der Waals surface area contributed by atoms with Crippen LogP contribution < -0.4 is 5.32 Å². The first-order valence-electron chi connectivity index (χ1n) is 6.35. The maximum atomic E-state index is 12.3. The van der Waals surface area contributed by atoms with Crippen molar-refractivity contribution in [3.8, 4) is 0 Å². The maximum absolute atomic E-state index is 12.3. The molecule has 1 rings (SSSR count). The van der Waals surface area contributed by atoms with Crippen LogP contribution in [0.3, 0.4) is 0 Å². The van der Waals surface area contributed by atoms with E-state index < -0.39 is 43.4 Å². The largest absolute Gasteiger partial charge is 0.414 e. The summed E-state index contributed by atoms with van der Waals surface area (Å²) in [5, 5.41) is 11.2. The molecular formula is C11H16F6N2O2. The number of aliphatic hydroxyl groups excluding tert-OH is 1. The summed E-state index contributed by atoms with van der Waals surface area (Å²) in [5.41, 5.74) is 0. The zero-order valence-electron chi connectivity index (χ0n) is 11.0. The number of alkyl halides is 6. The number of urea groups is 1. The van der Waals surface area contributed by atoms with E-state index >= 15 is 0 Å². The van der Waals surface area contributed by atoms with Crippen LogP contribution >= 0.6 is 0 Å². The summed E-state index contributed by atoms with van der Waals surface area (Å²) >= 11 is 0. The summed E-state index contributed by atoms with van der Waals surface area (Å²) in [6, 6.07) is -0.737. The monoisotopic (exact) mass is 322 g/mol. The Hall–Kier alpha value is -1.19. The fourth-order valence-corrected chi connectivity index (χ4v) is 2.11. The molecule has 2 amide bonds. The number of piperidine rings is 1. The van der Waals surface area contributed by atoms with Crippen LogP contribution in [0.2, 0.25) is 0 Å². The second-order valence-corrected chi connectivity index (χ2v) is 4.91. The van der Waals surface area contributed by atoms with Gasteiger partial charge in [-0.15, -0.1) is 0 Å². The van der Waals surface area contributed by atoms with Gasteiger partial charge in [0, 0.05) is 19.6 Å². The fraction of sp³-hybridized carbons (Fsp3) is 0.909. The highest BCUT2D eigenvalue weighted by atomic mass is 19.4. The highest BCUT2D eigenvalue weighted by Crippen LogP contribution is 2.31. The van der Waals surface area contributed by atoms with E-state index in [1.54, 1.807) is 0 Å². The molecule has 0 saturated carbocycles. The molecule has 0 aromatic heterocycles. The molecule has 0 aliphatic carbocycles. The lowest BCUT2D eigenvalue weighted by Gasteiger charge is -2.34. The SMILES string of the molecule is O=C(NCCC(F)(F)F)N1CCC(C(O)C(F)(F)F)CC1. The minimum atomic E-state index is -4.71. The van der Waals surface area contributed by atoms with Crippen LogP contribution in [-0.2, 0) is 0 Å². The van der Waals surface area contributed by atoms with Crippen molar-refractivity contribution in [2.75, 3.05) is 19.6 Å². The molecular weight excluding hydrogens is 306 g/mol. The Labute approximate surface area is 117 Å². The highest BCUT2D eigenvalue weighted by molar-refractivity contribution is 5.74. The van der Waals surface area contributed by atoms with Crippen molar-refractivity contribution in [3.05, 3.63) is 0 Å². The summed E-state index contributed by atoms with van der Waals surface area (Å²) in [7, 11) is 0. The minimum absolute atomic E-state index is 0.0321. The van der Waals surface area contributed by atoms with E-state index in [4.69, 9.17) is 5.11 Å². The van der Waals surface area contributed by atoms with Crippen molar-refractivity contribution < 1.29 is 36.2 Å². The molecule has 1 aliphatic heterocycles. The third-order valence-electron chi connectivity index (χ3n) is 3.29. The first kappa shape index (κ1) is 17.9. The van der Waals surface area contributed by atoms with E-state index in [0.29, 0.717) is 0 Å². The number of nitrogens with zero attached hydrogens (tertiary/aromatic N) is 1. The maximum Gasteiger partial charge on any atom is 0.414 e. The van der Waals surface area contributed by atoms with Gasteiger partial charge in [0.25, 0.3) is 0 Å². The van der Waals surface area contributed by atoms with Gasteiger partial charge in [0.05, 0.1) is 6.42 Å². The van der Waals surface area contributed by atoms with Crippen molar-refractivity contribution in [1.82, 2.24) is 10.2 Å². The van der Waals surface area contributed by atoms with Crippen LogP contribution in [0.1, 0.15) is 19.3 Å². The molecule has 1 fully saturated rings.